The zero-order valence-corrected chi connectivity index (χ0v) is 12.3. The molecule has 1 rings (SSSR count). The van der Waals surface area contributed by atoms with Crippen LogP contribution in [0.15, 0.2) is 11.0 Å². The van der Waals surface area contributed by atoms with Gasteiger partial charge in [-0.05, 0) is 49.9 Å². The van der Waals surface area contributed by atoms with Gasteiger partial charge in [0.15, 0.2) is 0 Å². The van der Waals surface area contributed by atoms with Crippen molar-refractivity contribution in [1.82, 2.24) is 4.72 Å². The summed E-state index contributed by atoms with van der Waals surface area (Å²) in [5.74, 6) is 0. The van der Waals surface area contributed by atoms with Gasteiger partial charge in [0.1, 0.15) is 0 Å². The Bertz CT molecular complexity index is 510. The minimum absolute atomic E-state index is 0.330. The average Bonchev–Trinajstić information content (AvgIpc) is 2.26. The second-order valence-electron chi connectivity index (χ2n) is 4.61. The zero-order valence-electron chi connectivity index (χ0n) is 11.5. The first-order chi connectivity index (χ1) is 8.31. The van der Waals surface area contributed by atoms with Crippen LogP contribution in [0.3, 0.4) is 0 Å². The van der Waals surface area contributed by atoms with Crippen LogP contribution in [-0.2, 0) is 10.0 Å². The predicted molar refractivity (Wildman–Crippen MR) is 75.2 cm³/mol. The van der Waals surface area contributed by atoms with E-state index in [0.29, 0.717) is 22.7 Å². The Hall–Kier alpha value is -1.07. The van der Waals surface area contributed by atoms with Crippen molar-refractivity contribution in [1.29, 1.82) is 0 Å². The molecule has 0 aliphatic heterocycles. The van der Waals surface area contributed by atoms with Crippen LogP contribution in [-0.4, -0.2) is 15.0 Å². The first-order valence-corrected chi connectivity index (χ1v) is 7.65. The number of nitrogen functional groups attached to an aromatic ring is 1. The molecule has 0 saturated heterocycles. The maximum atomic E-state index is 12.3. The topological polar surface area (TPSA) is 72.2 Å². The largest absolute Gasteiger partial charge is 0.398 e. The quantitative estimate of drug-likeness (QED) is 0.637. The van der Waals surface area contributed by atoms with Gasteiger partial charge in [0.05, 0.1) is 4.90 Å². The van der Waals surface area contributed by atoms with Gasteiger partial charge >= 0.3 is 0 Å². The fourth-order valence-corrected chi connectivity index (χ4v) is 3.54. The number of nitrogens with one attached hydrogen (secondary N) is 1. The molecule has 0 spiro atoms. The molecule has 1 aromatic rings. The van der Waals surface area contributed by atoms with Gasteiger partial charge in [-0.25, -0.2) is 13.1 Å². The van der Waals surface area contributed by atoms with Crippen LogP contribution in [0.2, 0.25) is 0 Å². The Labute approximate surface area is 110 Å². The molecule has 5 heteroatoms. The molecule has 0 aromatic heterocycles. The Morgan fingerprint density at radius 2 is 1.83 bits per heavy atom. The highest BCUT2D eigenvalue weighted by molar-refractivity contribution is 7.89. The first kappa shape index (κ1) is 15.0. The van der Waals surface area contributed by atoms with Crippen molar-refractivity contribution in [3.63, 3.8) is 0 Å². The van der Waals surface area contributed by atoms with Crippen LogP contribution >= 0.6 is 0 Å². The molecule has 0 saturated carbocycles. The number of sulfonamides is 1. The van der Waals surface area contributed by atoms with Gasteiger partial charge in [0.2, 0.25) is 10.0 Å². The molecule has 0 unspecified atom stereocenters. The van der Waals surface area contributed by atoms with Crippen molar-refractivity contribution in [2.24, 2.45) is 0 Å². The summed E-state index contributed by atoms with van der Waals surface area (Å²) in [6.07, 6.45) is 1.79. The van der Waals surface area contributed by atoms with E-state index in [4.69, 9.17) is 5.73 Å². The second-order valence-corrected chi connectivity index (χ2v) is 6.32. The summed E-state index contributed by atoms with van der Waals surface area (Å²) < 4.78 is 27.2. The van der Waals surface area contributed by atoms with Crippen LogP contribution in [0.25, 0.3) is 0 Å². The van der Waals surface area contributed by atoms with Crippen LogP contribution < -0.4 is 10.5 Å². The van der Waals surface area contributed by atoms with E-state index in [9.17, 15) is 8.42 Å². The monoisotopic (exact) mass is 270 g/mol. The fraction of sp³-hybridized carbons (Fsp3) is 0.538. The number of benzene rings is 1. The molecule has 4 nitrogen and oxygen atoms in total. The maximum absolute atomic E-state index is 12.3. The van der Waals surface area contributed by atoms with Crippen molar-refractivity contribution < 1.29 is 8.42 Å². The molecule has 0 atom stereocenters. The van der Waals surface area contributed by atoms with E-state index in [-0.39, 0.29) is 0 Å². The molecule has 0 heterocycles. The molecule has 102 valence electrons. The third-order valence-electron chi connectivity index (χ3n) is 3.17. The molecule has 1 aromatic carbocycles. The number of aryl methyl sites for hydroxylation is 1. The zero-order chi connectivity index (χ0) is 13.9. The van der Waals surface area contributed by atoms with E-state index >= 15 is 0 Å². The Balaban J connectivity index is 3.24. The smallest absolute Gasteiger partial charge is 0.241 e. The highest BCUT2D eigenvalue weighted by Crippen LogP contribution is 2.27. The number of hydrogen-bond acceptors (Lipinski definition) is 3. The van der Waals surface area contributed by atoms with Crippen molar-refractivity contribution in [3.8, 4) is 0 Å². The molecular formula is C13H22N2O2S. The van der Waals surface area contributed by atoms with Gasteiger partial charge in [-0.1, -0.05) is 13.3 Å². The van der Waals surface area contributed by atoms with Crippen molar-refractivity contribution in [2.45, 2.75) is 45.4 Å². The van der Waals surface area contributed by atoms with Crippen LogP contribution in [0.5, 0.6) is 0 Å². The Morgan fingerprint density at radius 3 is 2.39 bits per heavy atom. The van der Waals surface area contributed by atoms with E-state index in [1.807, 2.05) is 26.8 Å². The molecular weight excluding hydrogens is 248 g/mol. The summed E-state index contributed by atoms with van der Waals surface area (Å²) in [5.41, 5.74) is 8.67. The summed E-state index contributed by atoms with van der Waals surface area (Å²) in [5, 5.41) is 0. The Morgan fingerprint density at radius 1 is 1.22 bits per heavy atom. The van der Waals surface area contributed by atoms with Gasteiger partial charge in [-0.2, -0.15) is 0 Å². The molecule has 18 heavy (non-hydrogen) atoms. The Kier molecular flexibility index (Phi) is 4.76. The summed E-state index contributed by atoms with van der Waals surface area (Å²) in [7, 11) is -3.47. The summed E-state index contributed by atoms with van der Waals surface area (Å²) in [6, 6.07) is 1.82. The lowest BCUT2D eigenvalue weighted by Crippen LogP contribution is -2.26. The second kappa shape index (κ2) is 5.71. The van der Waals surface area contributed by atoms with Gasteiger partial charge in [0, 0.05) is 12.2 Å². The number of unbranched alkanes of at least 4 members (excludes halogenated alkanes) is 1. The molecule has 0 aliphatic rings. The highest BCUT2D eigenvalue weighted by Gasteiger charge is 2.21. The van der Waals surface area contributed by atoms with Gasteiger partial charge in [0.25, 0.3) is 0 Å². The van der Waals surface area contributed by atoms with Crippen LogP contribution in [0, 0.1) is 20.8 Å². The van der Waals surface area contributed by atoms with Crippen LogP contribution in [0.4, 0.5) is 5.69 Å². The molecule has 0 radical (unpaired) electrons. The lowest BCUT2D eigenvalue weighted by atomic mass is 10.1. The first-order valence-electron chi connectivity index (χ1n) is 6.17. The van der Waals surface area contributed by atoms with Crippen molar-refractivity contribution >= 4 is 15.7 Å². The van der Waals surface area contributed by atoms with E-state index < -0.39 is 10.0 Å². The highest BCUT2D eigenvalue weighted by atomic mass is 32.2. The van der Waals surface area contributed by atoms with Crippen LogP contribution in [0.1, 0.15) is 36.5 Å². The molecule has 3 N–H and O–H groups in total. The molecule has 0 amide bonds. The van der Waals surface area contributed by atoms with Gasteiger partial charge in [-0.3, -0.25) is 0 Å². The molecule has 0 fully saturated rings. The molecule has 0 aliphatic carbocycles. The van der Waals surface area contributed by atoms with E-state index in [2.05, 4.69) is 4.72 Å². The minimum Gasteiger partial charge on any atom is -0.398 e. The van der Waals surface area contributed by atoms with E-state index in [1.54, 1.807) is 6.92 Å². The lowest BCUT2D eigenvalue weighted by molar-refractivity contribution is 0.577. The van der Waals surface area contributed by atoms with E-state index in [1.165, 1.54) is 0 Å². The number of anilines is 1. The van der Waals surface area contributed by atoms with Gasteiger partial charge < -0.3 is 5.73 Å². The number of nitrogens with two attached hydrogens (primary N) is 1. The van der Waals surface area contributed by atoms with Crippen molar-refractivity contribution in [3.05, 3.63) is 22.8 Å². The summed E-state index contributed by atoms with van der Waals surface area (Å²) in [4.78, 5) is 0.330. The maximum Gasteiger partial charge on any atom is 0.241 e. The molecule has 0 bridgehead atoms. The number of hydrogen-bond donors (Lipinski definition) is 2. The summed E-state index contributed by atoms with van der Waals surface area (Å²) in [6.45, 7) is 7.92. The van der Waals surface area contributed by atoms with Crippen molar-refractivity contribution in [2.75, 3.05) is 12.3 Å². The SMILES string of the molecule is CCCCNS(=O)(=O)c1c(C)c(C)cc(N)c1C. The fourth-order valence-electron chi connectivity index (χ4n) is 1.90. The number of rotatable bonds is 5. The third-order valence-corrected chi connectivity index (χ3v) is 4.90. The standard InChI is InChI=1S/C13H22N2O2S/c1-5-6-7-15-18(16,17)13-10(3)9(2)8-12(14)11(13)4/h8,15H,5-7,14H2,1-4H3. The lowest BCUT2D eigenvalue weighted by Gasteiger charge is -2.15. The van der Waals surface area contributed by atoms with E-state index in [0.717, 1.165) is 24.0 Å². The minimum atomic E-state index is -3.47. The predicted octanol–water partition coefficient (Wildman–Crippen LogP) is 2.27. The normalized spacial score (nSPS) is 11.8. The average molecular weight is 270 g/mol. The third kappa shape index (κ3) is 3.03. The summed E-state index contributed by atoms with van der Waals surface area (Å²) >= 11 is 0. The van der Waals surface area contributed by atoms with Gasteiger partial charge in [-0.15, -0.1) is 0 Å².